The lowest BCUT2D eigenvalue weighted by molar-refractivity contribution is -0.119. The maximum absolute atomic E-state index is 12.0. The zero-order valence-corrected chi connectivity index (χ0v) is 12.5. The third-order valence-electron chi connectivity index (χ3n) is 3.14. The fraction of sp³-hybridized carbons (Fsp3) is 0.833. The number of sulfonamides is 1. The van der Waals surface area contributed by atoms with Crippen LogP contribution in [0.15, 0.2) is 0 Å². The molecule has 0 aliphatic heterocycles. The molecule has 0 aromatic carbocycles. The van der Waals surface area contributed by atoms with Gasteiger partial charge in [-0.25, -0.2) is 13.2 Å². The van der Waals surface area contributed by atoms with Crippen LogP contribution in [0, 0.1) is 0 Å². The SMILES string of the molecule is CCOC(=O)NCCC(=O)NS(=O)(=O)C1CCCCC1. The molecule has 1 aliphatic carbocycles. The van der Waals surface area contributed by atoms with Crippen molar-refractivity contribution in [3.8, 4) is 0 Å². The zero-order chi connectivity index (χ0) is 15.0. The highest BCUT2D eigenvalue weighted by molar-refractivity contribution is 7.90. The maximum atomic E-state index is 12.0. The fourth-order valence-corrected chi connectivity index (χ4v) is 3.67. The quantitative estimate of drug-likeness (QED) is 0.759. The lowest BCUT2D eigenvalue weighted by Gasteiger charge is -2.21. The van der Waals surface area contributed by atoms with Gasteiger partial charge in [-0.1, -0.05) is 19.3 Å². The van der Waals surface area contributed by atoms with Gasteiger partial charge in [-0.3, -0.25) is 9.52 Å². The van der Waals surface area contributed by atoms with Crippen molar-refractivity contribution in [2.45, 2.75) is 50.7 Å². The zero-order valence-electron chi connectivity index (χ0n) is 11.7. The monoisotopic (exact) mass is 306 g/mol. The van der Waals surface area contributed by atoms with Gasteiger partial charge >= 0.3 is 6.09 Å². The Hall–Kier alpha value is -1.31. The molecule has 0 heterocycles. The van der Waals surface area contributed by atoms with E-state index in [4.69, 9.17) is 0 Å². The minimum Gasteiger partial charge on any atom is -0.450 e. The first kappa shape index (κ1) is 16.7. The number of amides is 2. The Balaban J connectivity index is 2.32. The van der Waals surface area contributed by atoms with Gasteiger partial charge in [0.1, 0.15) is 0 Å². The summed E-state index contributed by atoms with van der Waals surface area (Å²) in [4.78, 5) is 22.5. The molecule has 0 saturated heterocycles. The van der Waals surface area contributed by atoms with Gasteiger partial charge in [-0.15, -0.1) is 0 Å². The van der Waals surface area contributed by atoms with Crippen LogP contribution in [0.4, 0.5) is 4.79 Å². The molecule has 1 saturated carbocycles. The Morgan fingerprint density at radius 2 is 1.85 bits per heavy atom. The van der Waals surface area contributed by atoms with E-state index in [1.54, 1.807) is 6.92 Å². The van der Waals surface area contributed by atoms with Crippen LogP contribution < -0.4 is 10.0 Å². The molecular formula is C12H22N2O5S. The first-order valence-corrected chi connectivity index (χ1v) is 8.45. The Morgan fingerprint density at radius 3 is 2.45 bits per heavy atom. The topological polar surface area (TPSA) is 102 Å². The summed E-state index contributed by atoms with van der Waals surface area (Å²) < 4.78 is 30.6. The number of rotatable bonds is 6. The molecule has 0 atom stereocenters. The van der Waals surface area contributed by atoms with E-state index in [-0.39, 0.29) is 19.6 Å². The van der Waals surface area contributed by atoms with Crippen molar-refractivity contribution in [2.75, 3.05) is 13.2 Å². The second kappa shape index (κ2) is 8.08. The van der Waals surface area contributed by atoms with E-state index in [1.807, 2.05) is 0 Å². The van der Waals surface area contributed by atoms with E-state index in [0.717, 1.165) is 19.3 Å². The summed E-state index contributed by atoms with van der Waals surface area (Å²) in [7, 11) is -3.59. The minimum atomic E-state index is -3.59. The molecule has 2 N–H and O–H groups in total. The van der Waals surface area contributed by atoms with Gasteiger partial charge in [-0.2, -0.15) is 0 Å². The van der Waals surface area contributed by atoms with Crippen LogP contribution in [0.1, 0.15) is 45.4 Å². The van der Waals surface area contributed by atoms with Crippen molar-refractivity contribution in [3.63, 3.8) is 0 Å². The molecule has 116 valence electrons. The maximum Gasteiger partial charge on any atom is 0.407 e. The van der Waals surface area contributed by atoms with Crippen molar-refractivity contribution < 1.29 is 22.7 Å². The third-order valence-corrected chi connectivity index (χ3v) is 5.01. The highest BCUT2D eigenvalue weighted by atomic mass is 32.2. The van der Waals surface area contributed by atoms with E-state index in [2.05, 4.69) is 14.8 Å². The number of carbonyl (C=O) groups excluding carboxylic acids is 2. The summed E-state index contributed by atoms with van der Waals surface area (Å²) >= 11 is 0. The molecule has 7 nitrogen and oxygen atoms in total. The third kappa shape index (κ3) is 5.77. The first-order chi connectivity index (χ1) is 9.45. The first-order valence-electron chi connectivity index (χ1n) is 6.90. The van der Waals surface area contributed by atoms with E-state index in [0.29, 0.717) is 12.8 Å². The van der Waals surface area contributed by atoms with Crippen LogP contribution in [0.2, 0.25) is 0 Å². The lowest BCUT2D eigenvalue weighted by atomic mass is 10.0. The number of nitrogens with one attached hydrogen (secondary N) is 2. The largest absolute Gasteiger partial charge is 0.450 e. The summed E-state index contributed by atoms with van der Waals surface area (Å²) in [5, 5.41) is 1.89. The van der Waals surface area contributed by atoms with Gasteiger partial charge in [0.25, 0.3) is 0 Å². The average Bonchev–Trinajstić information content (AvgIpc) is 2.39. The predicted molar refractivity (Wildman–Crippen MR) is 73.6 cm³/mol. The molecule has 0 unspecified atom stereocenters. The van der Waals surface area contributed by atoms with E-state index in [1.165, 1.54) is 0 Å². The van der Waals surface area contributed by atoms with Crippen molar-refractivity contribution in [1.82, 2.24) is 10.0 Å². The minimum absolute atomic E-state index is 0.0465. The van der Waals surface area contributed by atoms with Crippen molar-refractivity contribution in [3.05, 3.63) is 0 Å². The molecule has 1 aliphatic rings. The summed E-state index contributed by atoms with van der Waals surface area (Å²) in [6.07, 6.45) is 3.30. The van der Waals surface area contributed by atoms with Crippen molar-refractivity contribution >= 4 is 22.0 Å². The lowest BCUT2D eigenvalue weighted by Crippen LogP contribution is -2.40. The van der Waals surface area contributed by atoms with Crippen LogP contribution in [0.5, 0.6) is 0 Å². The number of alkyl carbamates (subject to hydrolysis) is 1. The standard InChI is InChI=1S/C12H22N2O5S/c1-2-19-12(16)13-9-8-11(15)14-20(17,18)10-6-4-3-5-7-10/h10H,2-9H2,1H3,(H,13,16)(H,14,15). The summed E-state index contributed by atoms with van der Waals surface area (Å²) in [6.45, 7) is 1.96. The molecule has 0 aromatic heterocycles. The molecule has 1 fully saturated rings. The van der Waals surface area contributed by atoms with Crippen LogP contribution in [-0.2, 0) is 19.6 Å². The summed E-state index contributed by atoms with van der Waals surface area (Å²) in [5.74, 6) is -0.604. The molecule has 20 heavy (non-hydrogen) atoms. The molecule has 0 spiro atoms. The molecule has 2 amide bonds. The van der Waals surface area contributed by atoms with Crippen LogP contribution in [0.3, 0.4) is 0 Å². The van der Waals surface area contributed by atoms with E-state index >= 15 is 0 Å². The van der Waals surface area contributed by atoms with Gasteiger partial charge in [0.05, 0.1) is 11.9 Å². The second-order valence-electron chi connectivity index (χ2n) is 4.73. The molecule has 0 bridgehead atoms. The Bertz CT molecular complexity index is 429. The van der Waals surface area contributed by atoms with Gasteiger partial charge < -0.3 is 10.1 Å². The number of hydrogen-bond donors (Lipinski definition) is 2. The normalized spacial score (nSPS) is 16.4. The highest BCUT2D eigenvalue weighted by Crippen LogP contribution is 2.22. The summed E-state index contributed by atoms with van der Waals surface area (Å²) in [6, 6.07) is 0. The molecule has 1 rings (SSSR count). The van der Waals surface area contributed by atoms with Gasteiger partial charge in [-0.05, 0) is 19.8 Å². The van der Waals surface area contributed by atoms with Crippen LogP contribution in [-0.4, -0.2) is 38.8 Å². The smallest absolute Gasteiger partial charge is 0.407 e. The second-order valence-corrected chi connectivity index (χ2v) is 6.69. The highest BCUT2D eigenvalue weighted by Gasteiger charge is 2.28. The van der Waals surface area contributed by atoms with Crippen LogP contribution >= 0.6 is 0 Å². The fourth-order valence-electron chi connectivity index (χ4n) is 2.13. The Labute approximate surface area is 119 Å². The number of carbonyl (C=O) groups is 2. The predicted octanol–water partition coefficient (Wildman–Crippen LogP) is 0.901. The Morgan fingerprint density at radius 1 is 1.20 bits per heavy atom. The van der Waals surface area contributed by atoms with Crippen LogP contribution in [0.25, 0.3) is 0 Å². The van der Waals surface area contributed by atoms with Crippen molar-refractivity contribution in [1.29, 1.82) is 0 Å². The average molecular weight is 306 g/mol. The van der Waals surface area contributed by atoms with Gasteiger partial charge in [0.2, 0.25) is 15.9 Å². The van der Waals surface area contributed by atoms with Crippen molar-refractivity contribution in [2.24, 2.45) is 0 Å². The number of hydrogen-bond acceptors (Lipinski definition) is 5. The van der Waals surface area contributed by atoms with E-state index < -0.39 is 27.3 Å². The molecule has 0 aromatic rings. The Kier molecular flexibility index (Phi) is 6.77. The number of ether oxygens (including phenoxy) is 1. The molecule has 0 radical (unpaired) electrons. The van der Waals surface area contributed by atoms with Gasteiger partial charge in [0, 0.05) is 13.0 Å². The van der Waals surface area contributed by atoms with E-state index in [9.17, 15) is 18.0 Å². The van der Waals surface area contributed by atoms with Gasteiger partial charge in [0.15, 0.2) is 0 Å². The summed E-state index contributed by atoms with van der Waals surface area (Å²) in [5.41, 5.74) is 0. The molecular weight excluding hydrogens is 284 g/mol. The molecule has 8 heteroatoms.